The van der Waals surface area contributed by atoms with Crippen LogP contribution in [0.1, 0.15) is 59.9 Å². The second-order valence-electron chi connectivity index (χ2n) is 9.10. The number of nitrogens with one attached hydrogen (secondary N) is 1. The van der Waals surface area contributed by atoms with Crippen LogP contribution in [0, 0.1) is 5.92 Å². The molecule has 8 nitrogen and oxygen atoms in total. The SMILES string of the molecule is COc1ccc(CN(C(=O)CCCN2C(=O)c3ccccc3C2=O)C(C)C(=O)NCC(C)C)cc1. The zero-order valence-corrected chi connectivity index (χ0v) is 20.7. The normalized spacial score (nSPS) is 13.6. The van der Waals surface area contributed by atoms with E-state index < -0.39 is 6.04 Å². The zero-order valence-electron chi connectivity index (χ0n) is 20.7. The summed E-state index contributed by atoms with van der Waals surface area (Å²) in [6.07, 6.45) is 0.412. The van der Waals surface area contributed by atoms with Gasteiger partial charge < -0.3 is 15.0 Å². The molecule has 1 atom stereocenters. The fourth-order valence-electron chi connectivity index (χ4n) is 3.94. The van der Waals surface area contributed by atoms with E-state index >= 15 is 0 Å². The first-order valence-corrected chi connectivity index (χ1v) is 11.9. The number of methoxy groups -OCH3 is 1. The lowest BCUT2D eigenvalue weighted by Gasteiger charge is -2.29. The van der Waals surface area contributed by atoms with Gasteiger partial charge in [0.15, 0.2) is 0 Å². The number of ether oxygens (including phenoxy) is 1. The summed E-state index contributed by atoms with van der Waals surface area (Å²) in [5.74, 6) is -0.124. The van der Waals surface area contributed by atoms with Crippen molar-refractivity contribution in [3.05, 3.63) is 65.2 Å². The fourth-order valence-corrected chi connectivity index (χ4v) is 3.94. The lowest BCUT2D eigenvalue weighted by atomic mass is 10.1. The molecule has 0 saturated carbocycles. The number of carbonyl (C=O) groups is 4. The molecule has 35 heavy (non-hydrogen) atoms. The van der Waals surface area contributed by atoms with Crippen LogP contribution >= 0.6 is 0 Å². The first kappa shape index (κ1) is 25.9. The van der Waals surface area contributed by atoms with Gasteiger partial charge in [-0.25, -0.2) is 0 Å². The van der Waals surface area contributed by atoms with Gasteiger partial charge in [0.05, 0.1) is 18.2 Å². The predicted molar refractivity (Wildman–Crippen MR) is 132 cm³/mol. The predicted octanol–water partition coefficient (Wildman–Crippen LogP) is 3.26. The van der Waals surface area contributed by atoms with Gasteiger partial charge in [-0.2, -0.15) is 0 Å². The van der Waals surface area contributed by atoms with Gasteiger partial charge in [0.2, 0.25) is 11.8 Å². The highest BCUT2D eigenvalue weighted by molar-refractivity contribution is 6.21. The van der Waals surface area contributed by atoms with Gasteiger partial charge in [-0.3, -0.25) is 24.1 Å². The Labute approximate surface area is 206 Å². The number of imide groups is 1. The fraction of sp³-hybridized carbons (Fsp3) is 0.407. The molecule has 4 amide bonds. The van der Waals surface area contributed by atoms with Crippen LogP contribution in [0.2, 0.25) is 0 Å². The van der Waals surface area contributed by atoms with Crippen molar-refractivity contribution in [1.82, 2.24) is 15.1 Å². The van der Waals surface area contributed by atoms with E-state index in [4.69, 9.17) is 4.74 Å². The molecule has 0 spiro atoms. The number of rotatable bonds is 11. The molecule has 0 aliphatic carbocycles. The average Bonchev–Trinajstić information content (AvgIpc) is 3.10. The van der Waals surface area contributed by atoms with Gasteiger partial charge in [-0.15, -0.1) is 0 Å². The standard InChI is InChI=1S/C27H33N3O5/c1-18(2)16-28-25(32)19(3)30(17-20-11-13-21(35-4)14-12-20)24(31)10-7-15-29-26(33)22-8-5-6-9-23(22)27(29)34/h5-6,8-9,11-14,18-19H,7,10,15-17H2,1-4H3,(H,28,32). The summed E-state index contributed by atoms with van der Waals surface area (Å²) >= 11 is 0. The molecule has 3 rings (SSSR count). The molecule has 1 N–H and O–H groups in total. The topological polar surface area (TPSA) is 96.0 Å². The summed E-state index contributed by atoms with van der Waals surface area (Å²) in [6, 6.07) is 13.4. The highest BCUT2D eigenvalue weighted by atomic mass is 16.5. The number of nitrogens with zero attached hydrogens (tertiary/aromatic N) is 2. The number of carbonyl (C=O) groups excluding carboxylic acids is 4. The summed E-state index contributed by atoms with van der Waals surface area (Å²) in [7, 11) is 1.58. The van der Waals surface area contributed by atoms with Gasteiger partial charge in [0, 0.05) is 26.1 Å². The van der Waals surface area contributed by atoms with Gasteiger partial charge in [0.25, 0.3) is 11.8 Å². The van der Waals surface area contributed by atoms with Crippen molar-refractivity contribution in [1.29, 1.82) is 0 Å². The quantitative estimate of drug-likeness (QED) is 0.499. The van der Waals surface area contributed by atoms with Crippen LogP contribution in [0.3, 0.4) is 0 Å². The van der Waals surface area contributed by atoms with Gasteiger partial charge in [-0.1, -0.05) is 38.1 Å². The molecule has 186 valence electrons. The highest BCUT2D eigenvalue weighted by Gasteiger charge is 2.35. The smallest absolute Gasteiger partial charge is 0.261 e. The maximum absolute atomic E-state index is 13.2. The Morgan fingerprint density at radius 3 is 2.11 bits per heavy atom. The number of hydrogen-bond acceptors (Lipinski definition) is 5. The molecule has 0 aromatic heterocycles. The van der Waals surface area contributed by atoms with Crippen molar-refractivity contribution in [2.75, 3.05) is 20.2 Å². The van der Waals surface area contributed by atoms with E-state index in [0.29, 0.717) is 29.8 Å². The minimum absolute atomic E-state index is 0.103. The third-order valence-corrected chi connectivity index (χ3v) is 6.01. The van der Waals surface area contributed by atoms with E-state index in [1.165, 1.54) is 4.90 Å². The second kappa shape index (κ2) is 11.6. The van der Waals surface area contributed by atoms with E-state index in [0.717, 1.165) is 5.56 Å². The van der Waals surface area contributed by atoms with E-state index in [2.05, 4.69) is 5.32 Å². The number of hydrogen-bond donors (Lipinski definition) is 1. The summed E-state index contributed by atoms with van der Waals surface area (Å²) in [5.41, 5.74) is 1.64. The monoisotopic (exact) mass is 479 g/mol. The number of fused-ring (bicyclic) bond motifs is 1. The molecule has 0 fully saturated rings. The molecular weight excluding hydrogens is 446 g/mol. The molecular formula is C27H33N3O5. The van der Waals surface area contributed by atoms with E-state index in [1.54, 1.807) is 43.2 Å². The molecule has 2 aromatic carbocycles. The Kier molecular flexibility index (Phi) is 8.63. The first-order valence-electron chi connectivity index (χ1n) is 11.9. The molecule has 0 bridgehead atoms. The van der Waals surface area contributed by atoms with Crippen molar-refractivity contribution >= 4 is 23.6 Å². The molecule has 1 heterocycles. The van der Waals surface area contributed by atoms with Crippen molar-refractivity contribution in [3.63, 3.8) is 0 Å². The third kappa shape index (κ3) is 6.26. The minimum atomic E-state index is -0.678. The van der Waals surface area contributed by atoms with Crippen molar-refractivity contribution in [2.24, 2.45) is 5.92 Å². The minimum Gasteiger partial charge on any atom is -0.497 e. The Morgan fingerprint density at radius 1 is 0.971 bits per heavy atom. The first-order chi connectivity index (χ1) is 16.7. The maximum atomic E-state index is 13.2. The summed E-state index contributed by atoms with van der Waals surface area (Å²) in [6.45, 7) is 6.64. The number of benzene rings is 2. The molecule has 1 aliphatic heterocycles. The van der Waals surface area contributed by atoms with Crippen molar-refractivity contribution < 1.29 is 23.9 Å². The van der Waals surface area contributed by atoms with E-state index in [9.17, 15) is 19.2 Å². The Hall–Kier alpha value is -3.68. The average molecular weight is 480 g/mol. The second-order valence-corrected chi connectivity index (χ2v) is 9.10. The lowest BCUT2D eigenvalue weighted by Crippen LogP contribution is -2.48. The van der Waals surface area contributed by atoms with Crippen molar-refractivity contribution in [3.8, 4) is 5.75 Å². The summed E-state index contributed by atoms with van der Waals surface area (Å²) in [4.78, 5) is 53.9. The van der Waals surface area contributed by atoms with Crippen molar-refractivity contribution in [2.45, 2.75) is 46.2 Å². The molecule has 1 unspecified atom stereocenters. The third-order valence-electron chi connectivity index (χ3n) is 6.01. The molecule has 2 aromatic rings. The van der Waals surface area contributed by atoms with Crippen LogP contribution in [-0.2, 0) is 16.1 Å². The summed E-state index contributed by atoms with van der Waals surface area (Å²) < 4.78 is 5.20. The van der Waals surface area contributed by atoms with Gasteiger partial charge in [0.1, 0.15) is 11.8 Å². The van der Waals surface area contributed by atoms with Crippen LogP contribution in [0.15, 0.2) is 48.5 Å². The van der Waals surface area contributed by atoms with Crippen LogP contribution < -0.4 is 10.1 Å². The summed E-state index contributed by atoms with van der Waals surface area (Å²) in [5, 5.41) is 2.89. The van der Waals surface area contributed by atoms with E-state index in [1.807, 2.05) is 38.1 Å². The van der Waals surface area contributed by atoms with Crippen LogP contribution in [0.4, 0.5) is 0 Å². The van der Waals surface area contributed by atoms with E-state index in [-0.39, 0.29) is 49.1 Å². The van der Waals surface area contributed by atoms with Gasteiger partial charge >= 0.3 is 0 Å². The van der Waals surface area contributed by atoms with Crippen LogP contribution in [-0.4, -0.2) is 59.7 Å². The van der Waals surface area contributed by atoms with Crippen LogP contribution in [0.5, 0.6) is 5.75 Å². The zero-order chi connectivity index (χ0) is 25.5. The molecule has 0 radical (unpaired) electrons. The molecule has 0 saturated heterocycles. The Balaban J connectivity index is 1.66. The Morgan fingerprint density at radius 2 is 1.57 bits per heavy atom. The lowest BCUT2D eigenvalue weighted by molar-refractivity contribution is -0.140. The molecule has 8 heteroatoms. The maximum Gasteiger partial charge on any atom is 0.261 e. The largest absolute Gasteiger partial charge is 0.497 e. The highest BCUT2D eigenvalue weighted by Crippen LogP contribution is 2.23. The number of amides is 4. The molecule has 1 aliphatic rings. The van der Waals surface area contributed by atoms with Crippen LogP contribution in [0.25, 0.3) is 0 Å². The van der Waals surface area contributed by atoms with Gasteiger partial charge in [-0.05, 0) is 49.1 Å². The Bertz CT molecular complexity index is 1050.